The maximum absolute atomic E-state index is 13.8. The topological polar surface area (TPSA) is 60.8 Å². The highest BCUT2D eigenvalue weighted by Crippen LogP contribution is 2.29. The van der Waals surface area contributed by atoms with Crippen LogP contribution in [0.4, 0.5) is 0 Å². The monoisotopic (exact) mass is 442 g/mol. The first-order valence-electron chi connectivity index (χ1n) is 11.2. The van der Waals surface area contributed by atoms with E-state index in [1.807, 2.05) is 48.7 Å². The first kappa shape index (κ1) is 21.4. The number of hydrogen-bond acceptors (Lipinski definition) is 5. The van der Waals surface area contributed by atoms with Crippen LogP contribution in [0.2, 0.25) is 0 Å². The van der Waals surface area contributed by atoms with Crippen LogP contribution < -0.4 is 0 Å². The minimum atomic E-state index is -0.412. The molecule has 0 bridgehead atoms. The number of rotatable bonds is 6. The summed E-state index contributed by atoms with van der Waals surface area (Å²) >= 11 is 0. The molecule has 0 aliphatic carbocycles. The Balaban J connectivity index is 1.54. The van der Waals surface area contributed by atoms with Crippen LogP contribution in [0.1, 0.15) is 26.3 Å². The number of hydrogen-bond donors (Lipinski definition) is 0. The number of morpholine rings is 1. The zero-order valence-electron chi connectivity index (χ0n) is 18.6. The second-order valence-electron chi connectivity index (χ2n) is 8.23. The van der Waals surface area contributed by atoms with E-state index < -0.39 is 5.97 Å². The van der Waals surface area contributed by atoms with Crippen molar-refractivity contribution in [1.29, 1.82) is 0 Å². The van der Waals surface area contributed by atoms with Gasteiger partial charge >= 0.3 is 5.97 Å². The Hall–Kier alpha value is -3.48. The molecule has 168 valence electrons. The molecule has 3 aromatic carbocycles. The molecule has 6 nitrogen and oxygen atoms in total. The number of esters is 1. The van der Waals surface area contributed by atoms with Crippen LogP contribution in [0.25, 0.3) is 21.7 Å². The summed E-state index contributed by atoms with van der Waals surface area (Å²) in [6.07, 6.45) is 1.97. The lowest BCUT2D eigenvalue weighted by Crippen LogP contribution is -2.38. The van der Waals surface area contributed by atoms with Gasteiger partial charge in [0.2, 0.25) is 0 Å². The molecule has 1 saturated heterocycles. The Bertz CT molecular complexity index is 1330. The quantitative estimate of drug-likeness (QED) is 0.332. The van der Waals surface area contributed by atoms with Crippen molar-refractivity contribution in [2.75, 3.05) is 40.0 Å². The molecule has 1 aliphatic rings. The largest absolute Gasteiger partial charge is 0.465 e. The molecule has 0 spiro atoms. The summed E-state index contributed by atoms with van der Waals surface area (Å²) in [5, 5.41) is 2.40. The van der Waals surface area contributed by atoms with E-state index in [1.165, 1.54) is 7.11 Å². The van der Waals surface area contributed by atoms with Crippen molar-refractivity contribution in [3.8, 4) is 0 Å². The van der Waals surface area contributed by atoms with E-state index in [2.05, 4.69) is 15.5 Å². The number of carbonyl (C=O) groups is 2. The SMILES string of the molecule is COC(=O)c1ccc(C(=O)c2cn(CCN3CCOCC3)c3ccccc23)c2ccccc12. The predicted octanol–water partition coefficient (Wildman–Crippen LogP) is 4.14. The maximum Gasteiger partial charge on any atom is 0.338 e. The molecule has 33 heavy (non-hydrogen) atoms. The highest BCUT2D eigenvalue weighted by Gasteiger charge is 2.21. The van der Waals surface area contributed by atoms with E-state index in [1.54, 1.807) is 12.1 Å². The Labute approximate surface area is 192 Å². The Kier molecular flexibility index (Phi) is 5.94. The molecule has 5 rings (SSSR count). The van der Waals surface area contributed by atoms with E-state index in [0.717, 1.165) is 55.7 Å². The molecule has 0 unspecified atom stereocenters. The Morgan fingerprint density at radius 2 is 1.45 bits per heavy atom. The van der Waals surface area contributed by atoms with Gasteiger partial charge in [0.1, 0.15) is 0 Å². The normalized spacial score (nSPS) is 14.6. The van der Waals surface area contributed by atoms with Crippen molar-refractivity contribution in [2.45, 2.75) is 6.54 Å². The molecule has 0 radical (unpaired) electrons. The van der Waals surface area contributed by atoms with Gasteiger partial charge in [-0.2, -0.15) is 0 Å². The van der Waals surface area contributed by atoms with Gasteiger partial charge in [0.25, 0.3) is 0 Å². The van der Waals surface area contributed by atoms with Crippen LogP contribution in [-0.4, -0.2) is 61.2 Å². The van der Waals surface area contributed by atoms with Crippen molar-refractivity contribution in [3.63, 3.8) is 0 Å². The van der Waals surface area contributed by atoms with E-state index >= 15 is 0 Å². The zero-order chi connectivity index (χ0) is 22.8. The molecule has 0 amide bonds. The fourth-order valence-corrected chi connectivity index (χ4v) is 4.62. The molecule has 0 saturated carbocycles. The molecular formula is C27H26N2O4. The second kappa shape index (κ2) is 9.17. The van der Waals surface area contributed by atoms with Gasteiger partial charge in [0, 0.05) is 54.4 Å². The van der Waals surface area contributed by atoms with Crippen molar-refractivity contribution < 1.29 is 19.1 Å². The highest BCUT2D eigenvalue weighted by molar-refractivity contribution is 6.22. The summed E-state index contributed by atoms with van der Waals surface area (Å²) in [5.41, 5.74) is 2.75. The third-order valence-electron chi connectivity index (χ3n) is 6.37. The number of benzene rings is 3. The number of aromatic nitrogens is 1. The number of nitrogens with zero attached hydrogens (tertiary/aromatic N) is 2. The lowest BCUT2D eigenvalue weighted by Gasteiger charge is -2.26. The number of para-hydroxylation sites is 1. The highest BCUT2D eigenvalue weighted by atomic mass is 16.5. The van der Waals surface area contributed by atoms with Gasteiger partial charge < -0.3 is 14.0 Å². The van der Waals surface area contributed by atoms with Gasteiger partial charge in [-0.25, -0.2) is 4.79 Å². The van der Waals surface area contributed by atoms with Crippen LogP contribution in [0.5, 0.6) is 0 Å². The Morgan fingerprint density at radius 3 is 2.18 bits per heavy atom. The van der Waals surface area contributed by atoms with E-state index in [0.29, 0.717) is 22.1 Å². The van der Waals surface area contributed by atoms with Crippen LogP contribution in [0, 0.1) is 0 Å². The summed E-state index contributed by atoms with van der Waals surface area (Å²) in [7, 11) is 1.36. The molecule has 6 heteroatoms. The molecule has 1 aliphatic heterocycles. The van der Waals surface area contributed by atoms with Crippen LogP contribution >= 0.6 is 0 Å². The van der Waals surface area contributed by atoms with Gasteiger partial charge in [0.05, 0.1) is 25.9 Å². The lowest BCUT2D eigenvalue weighted by molar-refractivity contribution is 0.0365. The molecular weight excluding hydrogens is 416 g/mol. The van der Waals surface area contributed by atoms with Crippen molar-refractivity contribution in [3.05, 3.63) is 83.6 Å². The molecule has 0 atom stereocenters. The molecule has 2 heterocycles. The van der Waals surface area contributed by atoms with Crippen molar-refractivity contribution in [2.24, 2.45) is 0 Å². The van der Waals surface area contributed by atoms with Crippen LogP contribution in [-0.2, 0) is 16.0 Å². The van der Waals surface area contributed by atoms with Crippen molar-refractivity contribution in [1.82, 2.24) is 9.47 Å². The van der Waals surface area contributed by atoms with E-state index in [9.17, 15) is 9.59 Å². The second-order valence-corrected chi connectivity index (χ2v) is 8.23. The first-order chi connectivity index (χ1) is 16.2. The number of fused-ring (bicyclic) bond motifs is 2. The minimum absolute atomic E-state index is 0.0519. The zero-order valence-corrected chi connectivity index (χ0v) is 18.6. The number of methoxy groups -OCH3 is 1. The average molecular weight is 443 g/mol. The van der Waals surface area contributed by atoms with Gasteiger partial charge in [0.15, 0.2) is 5.78 Å². The number of ketones is 1. The van der Waals surface area contributed by atoms with Crippen LogP contribution in [0.15, 0.2) is 66.9 Å². The first-order valence-corrected chi connectivity index (χ1v) is 11.2. The molecule has 0 N–H and O–H groups in total. The summed E-state index contributed by atoms with van der Waals surface area (Å²) < 4.78 is 12.5. The molecule has 1 fully saturated rings. The van der Waals surface area contributed by atoms with Gasteiger partial charge in [-0.3, -0.25) is 9.69 Å². The van der Waals surface area contributed by atoms with Crippen LogP contribution in [0.3, 0.4) is 0 Å². The number of ether oxygens (including phenoxy) is 2. The standard InChI is InChI=1S/C27H26N2O4/c1-32-27(31)23-11-10-22(19-6-2-3-7-20(19)23)26(30)24-18-29(25-9-5-4-8-21(24)25)13-12-28-14-16-33-17-15-28/h2-11,18H,12-17H2,1H3. The smallest absolute Gasteiger partial charge is 0.338 e. The average Bonchev–Trinajstić information content (AvgIpc) is 3.25. The van der Waals surface area contributed by atoms with E-state index in [-0.39, 0.29) is 5.78 Å². The third-order valence-corrected chi connectivity index (χ3v) is 6.37. The van der Waals surface area contributed by atoms with E-state index in [4.69, 9.17) is 9.47 Å². The third kappa shape index (κ3) is 4.03. The van der Waals surface area contributed by atoms with Crippen molar-refractivity contribution >= 4 is 33.4 Å². The molecule has 1 aromatic heterocycles. The summed E-state index contributed by atoms with van der Waals surface area (Å²) in [6, 6.07) is 18.9. The molecule has 4 aromatic rings. The summed E-state index contributed by atoms with van der Waals surface area (Å²) in [5.74, 6) is -0.464. The van der Waals surface area contributed by atoms with Gasteiger partial charge in [-0.05, 0) is 29.0 Å². The maximum atomic E-state index is 13.8. The number of carbonyl (C=O) groups excluding carboxylic acids is 2. The van der Waals surface area contributed by atoms with Gasteiger partial charge in [-0.15, -0.1) is 0 Å². The predicted molar refractivity (Wildman–Crippen MR) is 128 cm³/mol. The summed E-state index contributed by atoms with van der Waals surface area (Å²) in [4.78, 5) is 28.4. The summed E-state index contributed by atoms with van der Waals surface area (Å²) in [6.45, 7) is 5.12. The lowest BCUT2D eigenvalue weighted by atomic mass is 9.94. The van der Waals surface area contributed by atoms with Gasteiger partial charge in [-0.1, -0.05) is 42.5 Å². The fourth-order valence-electron chi connectivity index (χ4n) is 4.62. The minimum Gasteiger partial charge on any atom is -0.465 e. The fraction of sp³-hybridized carbons (Fsp3) is 0.259. The Morgan fingerprint density at radius 1 is 0.818 bits per heavy atom.